The van der Waals surface area contributed by atoms with Crippen molar-refractivity contribution in [2.45, 2.75) is 33.3 Å². The lowest BCUT2D eigenvalue weighted by Gasteiger charge is -2.18. The molecule has 0 aromatic heterocycles. The average Bonchev–Trinajstić information content (AvgIpc) is 2.38. The predicted octanol–water partition coefficient (Wildman–Crippen LogP) is 1.86. The van der Waals surface area contributed by atoms with E-state index in [9.17, 15) is 9.90 Å². The Hall–Kier alpha value is -1.55. The van der Waals surface area contributed by atoms with E-state index >= 15 is 0 Å². The van der Waals surface area contributed by atoms with Gasteiger partial charge in [0, 0.05) is 13.1 Å². The highest BCUT2D eigenvalue weighted by atomic mass is 16.5. The third-order valence-corrected chi connectivity index (χ3v) is 2.93. The molecule has 0 bridgehead atoms. The van der Waals surface area contributed by atoms with Gasteiger partial charge in [0.1, 0.15) is 5.75 Å². The number of rotatable bonds is 7. The van der Waals surface area contributed by atoms with Crippen LogP contribution in [0.2, 0.25) is 0 Å². The smallest absolute Gasteiger partial charge is 0.260 e. The van der Waals surface area contributed by atoms with Gasteiger partial charge in [-0.1, -0.05) is 12.1 Å². The van der Waals surface area contributed by atoms with E-state index in [1.165, 1.54) is 0 Å². The van der Waals surface area contributed by atoms with Crippen LogP contribution in [-0.2, 0) is 11.2 Å². The zero-order valence-corrected chi connectivity index (χ0v) is 11.9. The summed E-state index contributed by atoms with van der Waals surface area (Å²) in [5.74, 6) is 0.674. The number of carbonyl (C=O) groups excluding carboxylic acids is 1. The Morgan fingerprint density at radius 1 is 1.26 bits per heavy atom. The third-order valence-electron chi connectivity index (χ3n) is 2.93. The van der Waals surface area contributed by atoms with Gasteiger partial charge < -0.3 is 14.7 Å². The molecule has 1 rings (SSSR count). The lowest BCUT2D eigenvalue weighted by molar-refractivity contribution is -0.132. The van der Waals surface area contributed by atoms with Crippen molar-refractivity contribution < 1.29 is 14.6 Å². The van der Waals surface area contributed by atoms with Crippen LogP contribution in [0.15, 0.2) is 24.3 Å². The molecule has 0 aliphatic carbocycles. The largest absolute Gasteiger partial charge is 0.484 e. The zero-order chi connectivity index (χ0) is 14.3. The molecular formula is C15H23NO3. The molecule has 0 saturated heterocycles. The number of aliphatic hydroxyl groups excluding tert-OH is 1. The van der Waals surface area contributed by atoms with Gasteiger partial charge in [-0.2, -0.15) is 0 Å². The summed E-state index contributed by atoms with van der Waals surface area (Å²) in [6, 6.07) is 7.47. The van der Waals surface area contributed by atoms with E-state index in [0.29, 0.717) is 25.3 Å². The van der Waals surface area contributed by atoms with Gasteiger partial charge in [-0.15, -0.1) is 0 Å². The van der Waals surface area contributed by atoms with E-state index in [-0.39, 0.29) is 18.6 Å². The molecule has 0 aliphatic heterocycles. The molecular weight excluding hydrogens is 242 g/mol. The van der Waals surface area contributed by atoms with Gasteiger partial charge >= 0.3 is 0 Å². The highest BCUT2D eigenvalue weighted by Gasteiger charge is 2.10. The Balaban J connectivity index is 2.47. The SMILES string of the molecule is CCN(CC)C(=O)COc1ccc(CC(C)O)cc1. The van der Waals surface area contributed by atoms with Gasteiger partial charge in [-0.05, 0) is 44.9 Å². The highest BCUT2D eigenvalue weighted by Crippen LogP contribution is 2.13. The van der Waals surface area contributed by atoms with E-state index in [4.69, 9.17) is 4.74 Å². The van der Waals surface area contributed by atoms with Crippen molar-refractivity contribution in [1.29, 1.82) is 0 Å². The van der Waals surface area contributed by atoms with E-state index in [1.807, 2.05) is 38.1 Å². The molecule has 0 radical (unpaired) electrons. The van der Waals surface area contributed by atoms with Gasteiger partial charge in [0.15, 0.2) is 6.61 Å². The van der Waals surface area contributed by atoms with Crippen molar-refractivity contribution in [3.05, 3.63) is 29.8 Å². The first-order valence-electron chi connectivity index (χ1n) is 6.74. The Labute approximate surface area is 115 Å². The molecule has 0 saturated carbocycles. The van der Waals surface area contributed by atoms with Crippen molar-refractivity contribution in [1.82, 2.24) is 4.90 Å². The minimum Gasteiger partial charge on any atom is -0.484 e. The minimum atomic E-state index is -0.351. The van der Waals surface area contributed by atoms with Crippen molar-refractivity contribution in [2.75, 3.05) is 19.7 Å². The van der Waals surface area contributed by atoms with E-state index < -0.39 is 0 Å². The van der Waals surface area contributed by atoms with Crippen molar-refractivity contribution in [2.24, 2.45) is 0 Å². The van der Waals surface area contributed by atoms with E-state index in [0.717, 1.165) is 5.56 Å². The van der Waals surface area contributed by atoms with Crippen LogP contribution in [0, 0.1) is 0 Å². The molecule has 106 valence electrons. The lowest BCUT2D eigenvalue weighted by atomic mass is 10.1. The normalized spacial score (nSPS) is 12.0. The Bertz CT molecular complexity index is 383. The van der Waals surface area contributed by atoms with Crippen LogP contribution in [0.1, 0.15) is 26.3 Å². The number of carbonyl (C=O) groups is 1. The third kappa shape index (κ3) is 5.30. The maximum Gasteiger partial charge on any atom is 0.260 e. The summed E-state index contributed by atoms with van der Waals surface area (Å²) in [7, 11) is 0. The fourth-order valence-corrected chi connectivity index (χ4v) is 1.88. The molecule has 4 nitrogen and oxygen atoms in total. The highest BCUT2D eigenvalue weighted by molar-refractivity contribution is 5.77. The second-order valence-electron chi connectivity index (χ2n) is 4.55. The molecule has 1 amide bonds. The summed E-state index contributed by atoms with van der Waals surface area (Å²) < 4.78 is 5.46. The zero-order valence-electron chi connectivity index (χ0n) is 11.9. The molecule has 1 unspecified atom stereocenters. The summed E-state index contributed by atoms with van der Waals surface area (Å²) in [6.07, 6.45) is 0.273. The maximum atomic E-state index is 11.8. The number of ether oxygens (including phenoxy) is 1. The number of amides is 1. The second-order valence-corrected chi connectivity index (χ2v) is 4.55. The summed E-state index contributed by atoms with van der Waals surface area (Å²) in [5, 5.41) is 9.29. The van der Waals surface area contributed by atoms with E-state index in [2.05, 4.69) is 0 Å². The standard InChI is InChI=1S/C15H23NO3/c1-4-16(5-2)15(18)11-19-14-8-6-13(7-9-14)10-12(3)17/h6-9,12,17H,4-5,10-11H2,1-3H3. The van der Waals surface area contributed by atoms with Crippen molar-refractivity contribution >= 4 is 5.91 Å². The fourth-order valence-electron chi connectivity index (χ4n) is 1.88. The Morgan fingerprint density at radius 3 is 2.32 bits per heavy atom. The molecule has 0 fully saturated rings. The first kappa shape index (κ1) is 15.5. The molecule has 1 aromatic carbocycles. The van der Waals surface area contributed by atoms with Crippen LogP contribution in [0.25, 0.3) is 0 Å². The van der Waals surface area contributed by atoms with Crippen molar-refractivity contribution in [3.63, 3.8) is 0 Å². The summed E-state index contributed by atoms with van der Waals surface area (Å²) in [4.78, 5) is 13.5. The number of hydrogen-bond acceptors (Lipinski definition) is 3. The Kier molecular flexibility index (Phi) is 6.36. The number of aliphatic hydroxyl groups is 1. The maximum absolute atomic E-state index is 11.8. The van der Waals surface area contributed by atoms with E-state index in [1.54, 1.807) is 11.8 Å². The molecule has 4 heteroatoms. The van der Waals surface area contributed by atoms with Crippen LogP contribution < -0.4 is 4.74 Å². The number of likely N-dealkylation sites (N-methyl/N-ethyl adjacent to an activating group) is 1. The van der Waals surface area contributed by atoms with Crippen LogP contribution in [0.3, 0.4) is 0 Å². The van der Waals surface area contributed by atoms with Crippen LogP contribution in [0.4, 0.5) is 0 Å². The fraction of sp³-hybridized carbons (Fsp3) is 0.533. The molecule has 0 heterocycles. The summed E-state index contributed by atoms with van der Waals surface area (Å²) >= 11 is 0. The number of hydrogen-bond donors (Lipinski definition) is 1. The average molecular weight is 265 g/mol. The van der Waals surface area contributed by atoms with Gasteiger partial charge in [0.05, 0.1) is 6.10 Å². The first-order chi connectivity index (χ1) is 9.06. The predicted molar refractivity (Wildman–Crippen MR) is 75.2 cm³/mol. The summed E-state index contributed by atoms with van der Waals surface area (Å²) in [5.41, 5.74) is 1.05. The monoisotopic (exact) mass is 265 g/mol. The lowest BCUT2D eigenvalue weighted by Crippen LogP contribution is -2.34. The second kappa shape index (κ2) is 7.79. The quantitative estimate of drug-likeness (QED) is 0.818. The molecule has 1 N–H and O–H groups in total. The Morgan fingerprint density at radius 2 is 1.84 bits per heavy atom. The topological polar surface area (TPSA) is 49.8 Å². The van der Waals surface area contributed by atoms with Gasteiger partial charge in [0.25, 0.3) is 5.91 Å². The molecule has 0 aliphatic rings. The van der Waals surface area contributed by atoms with Crippen LogP contribution in [-0.4, -0.2) is 41.7 Å². The van der Waals surface area contributed by atoms with Crippen molar-refractivity contribution in [3.8, 4) is 5.75 Å². The summed E-state index contributed by atoms with van der Waals surface area (Å²) in [6.45, 7) is 7.13. The molecule has 19 heavy (non-hydrogen) atoms. The number of nitrogens with zero attached hydrogens (tertiary/aromatic N) is 1. The van der Waals surface area contributed by atoms with Crippen LogP contribution >= 0.6 is 0 Å². The number of benzene rings is 1. The van der Waals surface area contributed by atoms with Gasteiger partial charge in [0.2, 0.25) is 0 Å². The van der Waals surface area contributed by atoms with Gasteiger partial charge in [-0.3, -0.25) is 4.79 Å². The molecule has 0 spiro atoms. The van der Waals surface area contributed by atoms with Gasteiger partial charge in [-0.25, -0.2) is 0 Å². The first-order valence-corrected chi connectivity index (χ1v) is 6.74. The minimum absolute atomic E-state index is 0.00180. The molecule has 1 aromatic rings. The molecule has 1 atom stereocenters. The van der Waals surface area contributed by atoms with Crippen LogP contribution in [0.5, 0.6) is 5.75 Å².